The van der Waals surface area contributed by atoms with Crippen LogP contribution in [-0.4, -0.2) is 24.6 Å². The number of thiazole rings is 1. The predicted octanol–water partition coefficient (Wildman–Crippen LogP) is 2.24. The summed E-state index contributed by atoms with van der Waals surface area (Å²) in [5.41, 5.74) is 1.18. The molecule has 0 bridgehead atoms. The Morgan fingerprint density at radius 1 is 1.44 bits per heavy atom. The maximum Gasteiger partial charge on any atom is 0.185 e. The minimum atomic E-state index is 0.800. The van der Waals surface area contributed by atoms with Crippen LogP contribution in [0.25, 0.3) is 0 Å². The van der Waals surface area contributed by atoms with Crippen LogP contribution in [0.5, 0.6) is 0 Å². The Labute approximate surface area is 101 Å². The summed E-state index contributed by atoms with van der Waals surface area (Å²) in [6.07, 6.45) is 5.59. The summed E-state index contributed by atoms with van der Waals surface area (Å²) in [5, 5.41) is 6.60. The van der Waals surface area contributed by atoms with Crippen LogP contribution in [0, 0.1) is 5.92 Å². The Morgan fingerprint density at radius 2 is 2.25 bits per heavy atom. The zero-order valence-electron chi connectivity index (χ0n) is 9.78. The van der Waals surface area contributed by atoms with Crippen LogP contribution in [0.2, 0.25) is 0 Å². The van der Waals surface area contributed by atoms with Gasteiger partial charge in [0.2, 0.25) is 0 Å². The number of anilines is 1. The van der Waals surface area contributed by atoms with Crippen LogP contribution >= 0.6 is 11.3 Å². The Hall–Kier alpha value is -0.610. The van der Waals surface area contributed by atoms with E-state index in [9.17, 15) is 0 Å². The lowest BCUT2D eigenvalue weighted by atomic mass is 10.4. The van der Waals surface area contributed by atoms with Crippen molar-refractivity contribution in [2.75, 3.05) is 18.5 Å². The average Bonchev–Trinajstić information content (AvgIpc) is 3.17. The van der Waals surface area contributed by atoms with Gasteiger partial charge in [0.1, 0.15) is 0 Å². The third kappa shape index (κ3) is 2.38. The molecule has 16 heavy (non-hydrogen) atoms. The summed E-state index contributed by atoms with van der Waals surface area (Å²) in [7, 11) is 1.97. The summed E-state index contributed by atoms with van der Waals surface area (Å²) in [6.45, 7) is 2.13. The first-order valence-electron chi connectivity index (χ1n) is 6.22. The quantitative estimate of drug-likeness (QED) is 0.822. The van der Waals surface area contributed by atoms with Crippen LogP contribution < -0.4 is 10.2 Å². The van der Waals surface area contributed by atoms with Crippen LogP contribution in [-0.2, 0) is 6.54 Å². The molecule has 3 nitrogen and oxygen atoms in total. The van der Waals surface area contributed by atoms with Crippen molar-refractivity contribution in [3.05, 3.63) is 11.1 Å². The number of hydrogen-bond acceptors (Lipinski definition) is 4. The monoisotopic (exact) mass is 237 g/mol. The molecule has 2 aliphatic rings. The number of aromatic nitrogens is 1. The minimum Gasteiger partial charge on any atom is -0.345 e. The van der Waals surface area contributed by atoms with Gasteiger partial charge < -0.3 is 10.2 Å². The van der Waals surface area contributed by atoms with E-state index in [0.29, 0.717) is 0 Å². The number of hydrogen-bond donors (Lipinski definition) is 1. The topological polar surface area (TPSA) is 28.2 Å². The normalized spacial score (nSPS) is 20.1. The number of nitrogens with zero attached hydrogens (tertiary/aromatic N) is 2. The molecule has 0 atom stereocenters. The van der Waals surface area contributed by atoms with E-state index < -0.39 is 0 Å². The second-order valence-corrected chi connectivity index (χ2v) is 5.82. The van der Waals surface area contributed by atoms with Crippen LogP contribution in [0.15, 0.2) is 5.38 Å². The van der Waals surface area contributed by atoms with Crippen molar-refractivity contribution >= 4 is 16.5 Å². The summed E-state index contributed by atoms with van der Waals surface area (Å²) in [6, 6.07) is 0.800. The van der Waals surface area contributed by atoms with Gasteiger partial charge in [0.15, 0.2) is 5.13 Å². The first kappa shape index (κ1) is 10.5. The first-order chi connectivity index (χ1) is 7.86. The molecule has 1 aromatic heterocycles. The van der Waals surface area contributed by atoms with E-state index in [2.05, 4.69) is 15.6 Å². The largest absolute Gasteiger partial charge is 0.345 e. The number of rotatable bonds is 6. The SMILES string of the molecule is CNCc1csc(N(CC2CC2)C2CC2)n1. The zero-order valence-corrected chi connectivity index (χ0v) is 10.6. The predicted molar refractivity (Wildman–Crippen MR) is 68.0 cm³/mol. The molecule has 4 heteroatoms. The molecule has 1 aromatic rings. The second-order valence-electron chi connectivity index (χ2n) is 4.98. The van der Waals surface area contributed by atoms with E-state index >= 15 is 0 Å². The maximum atomic E-state index is 4.72. The molecule has 2 fully saturated rings. The Morgan fingerprint density at radius 3 is 2.88 bits per heavy atom. The molecule has 0 unspecified atom stereocenters. The molecule has 0 radical (unpaired) electrons. The molecule has 0 spiro atoms. The van der Waals surface area contributed by atoms with Gasteiger partial charge in [0.25, 0.3) is 0 Å². The van der Waals surface area contributed by atoms with E-state index in [-0.39, 0.29) is 0 Å². The minimum absolute atomic E-state index is 0.800. The molecule has 2 aliphatic carbocycles. The fourth-order valence-corrected chi connectivity index (χ4v) is 2.95. The molecule has 1 N–H and O–H groups in total. The molecule has 0 aliphatic heterocycles. The fraction of sp³-hybridized carbons (Fsp3) is 0.750. The molecule has 1 heterocycles. The van der Waals surface area contributed by atoms with Gasteiger partial charge in [-0.2, -0.15) is 0 Å². The van der Waals surface area contributed by atoms with Gasteiger partial charge in [-0.3, -0.25) is 0 Å². The zero-order chi connectivity index (χ0) is 11.0. The van der Waals surface area contributed by atoms with Crippen molar-refractivity contribution in [3.63, 3.8) is 0 Å². The van der Waals surface area contributed by atoms with E-state index in [1.807, 2.05) is 18.4 Å². The smallest absolute Gasteiger partial charge is 0.185 e. The lowest BCUT2D eigenvalue weighted by Gasteiger charge is -2.21. The van der Waals surface area contributed by atoms with Crippen molar-refractivity contribution in [2.45, 2.75) is 38.3 Å². The van der Waals surface area contributed by atoms with E-state index in [0.717, 1.165) is 18.5 Å². The van der Waals surface area contributed by atoms with Crippen molar-refractivity contribution < 1.29 is 0 Å². The van der Waals surface area contributed by atoms with Gasteiger partial charge in [-0.05, 0) is 38.6 Å². The van der Waals surface area contributed by atoms with Gasteiger partial charge in [-0.1, -0.05) is 0 Å². The molecule has 0 aromatic carbocycles. The molecule has 88 valence electrons. The molecular weight excluding hydrogens is 218 g/mol. The van der Waals surface area contributed by atoms with Gasteiger partial charge in [0, 0.05) is 24.5 Å². The third-order valence-electron chi connectivity index (χ3n) is 3.28. The maximum absolute atomic E-state index is 4.72. The van der Waals surface area contributed by atoms with Gasteiger partial charge in [-0.25, -0.2) is 4.98 Å². The van der Waals surface area contributed by atoms with Crippen LogP contribution in [0.4, 0.5) is 5.13 Å². The summed E-state index contributed by atoms with van der Waals surface area (Å²) in [5.74, 6) is 0.956. The second kappa shape index (κ2) is 4.34. The lowest BCUT2D eigenvalue weighted by Crippen LogP contribution is -2.27. The van der Waals surface area contributed by atoms with Crippen LogP contribution in [0.3, 0.4) is 0 Å². The van der Waals surface area contributed by atoms with E-state index in [1.165, 1.54) is 43.1 Å². The highest BCUT2D eigenvalue weighted by molar-refractivity contribution is 7.13. The Balaban J connectivity index is 1.70. The van der Waals surface area contributed by atoms with E-state index in [1.54, 1.807) is 0 Å². The highest BCUT2D eigenvalue weighted by Gasteiger charge is 2.35. The number of nitrogens with one attached hydrogen (secondary N) is 1. The lowest BCUT2D eigenvalue weighted by molar-refractivity contribution is 0.711. The standard InChI is InChI=1S/C12H19N3S/c1-13-6-10-8-16-12(14-10)15(11-4-5-11)7-9-2-3-9/h8-9,11,13H,2-7H2,1H3. The third-order valence-corrected chi connectivity index (χ3v) is 4.21. The highest BCUT2D eigenvalue weighted by atomic mass is 32.1. The van der Waals surface area contributed by atoms with Crippen molar-refractivity contribution in [2.24, 2.45) is 5.92 Å². The molecule has 0 saturated heterocycles. The molecule has 2 saturated carbocycles. The summed E-state index contributed by atoms with van der Waals surface area (Å²) < 4.78 is 0. The van der Waals surface area contributed by atoms with Crippen molar-refractivity contribution in [3.8, 4) is 0 Å². The van der Waals surface area contributed by atoms with Gasteiger partial charge in [-0.15, -0.1) is 11.3 Å². The molecule has 0 amide bonds. The fourth-order valence-electron chi connectivity index (χ4n) is 2.04. The Bertz CT molecular complexity index is 355. The van der Waals surface area contributed by atoms with Gasteiger partial charge in [0.05, 0.1) is 5.69 Å². The van der Waals surface area contributed by atoms with Crippen molar-refractivity contribution in [1.82, 2.24) is 10.3 Å². The Kier molecular flexibility index (Phi) is 2.86. The summed E-state index contributed by atoms with van der Waals surface area (Å²) in [4.78, 5) is 7.28. The highest BCUT2D eigenvalue weighted by Crippen LogP contribution is 2.38. The molecule has 3 rings (SSSR count). The van der Waals surface area contributed by atoms with Gasteiger partial charge >= 0.3 is 0 Å². The van der Waals surface area contributed by atoms with Crippen LogP contribution in [0.1, 0.15) is 31.4 Å². The summed E-state index contributed by atoms with van der Waals surface area (Å²) >= 11 is 1.81. The van der Waals surface area contributed by atoms with Crippen molar-refractivity contribution in [1.29, 1.82) is 0 Å². The van der Waals surface area contributed by atoms with E-state index in [4.69, 9.17) is 4.98 Å². The first-order valence-corrected chi connectivity index (χ1v) is 7.10. The average molecular weight is 237 g/mol. The molecular formula is C12H19N3S.